The molecule has 76 valence electrons. The molecule has 0 amide bonds. The summed E-state index contributed by atoms with van der Waals surface area (Å²) in [4.78, 5) is 16.9. The second-order valence-corrected chi connectivity index (χ2v) is 5.14. The fraction of sp³-hybridized carbons (Fsp3) is 0.600. The van der Waals surface area contributed by atoms with Gasteiger partial charge >= 0.3 is 0 Å². The maximum atomic E-state index is 11.4. The van der Waals surface area contributed by atoms with Gasteiger partial charge in [-0.2, -0.15) is 0 Å². The number of carbonyl (C=O) groups excluding carboxylic acids is 1. The van der Waals surface area contributed by atoms with Crippen molar-refractivity contribution < 1.29 is 4.79 Å². The van der Waals surface area contributed by atoms with Crippen LogP contribution in [0.4, 0.5) is 0 Å². The van der Waals surface area contributed by atoms with Crippen molar-refractivity contribution in [3.05, 3.63) is 16.1 Å². The van der Waals surface area contributed by atoms with E-state index in [2.05, 4.69) is 10.3 Å². The second-order valence-electron chi connectivity index (χ2n) is 3.88. The normalized spacial score (nSPS) is 28.0. The number of thiazole rings is 1. The summed E-state index contributed by atoms with van der Waals surface area (Å²) in [7, 11) is 0. The molecule has 1 aliphatic rings. The van der Waals surface area contributed by atoms with Crippen molar-refractivity contribution in [1.82, 2.24) is 10.3 Å². The largest absolute Gasteiger partial charge is 0.305 e. The maximum absolute atomic E-state index is 11.4. The van der Waals surface area contributed by atoms with E-state index in [0.29, 0.717) is 18.6 Å². The highest BCUT2D eigenvalue weighted by molar-refractivity contribution is 7.11. The van der Waals surface area contributed by atoms with Crippen LogP contribution in [0.3, 0.4) is 0 Å². The number of ketones is 1. The Kier molecular flexibility index (Phi) is 2.65. The number of rotatable bonds is 1. The molecule has 2 unspecified atom stereocenters. The van der Waals surface area contributed by atoms with Crippen LogP contribution in [0.25, 0.3) is 0 Å². The van der Waals surface area contributed by atoms with Crippen molar-refractivity contribution in [3.63, 3.8) is 0 Å². The molecule has 1 aromatic rings. The zero-order valence-electron chi connectivity index (χ0n) is 8.41. The summed E-state index contributed by atoms with van der Waals surface area (Å²) in [5.74, 6) is 0.342. The van der Waals surface area contributed by atoms with E-state index < -0.39 is 0 Å². The highest BCUT2D eigenvalue weighted by Crippen LogP contribution is 2.26. The Bertz CT molecular complexity index is 348. The third-order valence-electron chi connectivity index (χ3n) is 2.39. The lowest BCUT2D eigenvalue weighted by molar-refractivity contribution is -0.121. The Hall–Kier alpha value is -0.740. The monoisotopic (exact) mass is 210 g/mol. The smallest absolute Gasteiger partial charge is 0.136 e. The van der Waals surface area contributed by atoms with E-state index in [1.54, 1.807) is 11.3 Å². The summed E-state index contributed by atoms with van der Waals surface area (Å²) in [6.45, 7) is 4.08. The predicted molar refractivity (Wildman–Crippen MR) is 56.4 cm³/mol. The Labute approximate surface area is 87.6 Å². The summed E-state index contributed by atoms with van der Waals surface area (Å²) in [6.07, 6.45) is 3.11. The van der Waals surface area contributed by atoms with Crippen LogP contribution in [-0.2, 0) is 4.79 Å². The number of Topliss-reactive ketones (excluding diaryl/α,β-unsaturated/α-hetero) is 1. The van der Waals surface area contributed by atoms with Crippen LogP contribution in [0.5, 0.6) is 0 Å². The molecule has 1 saturated heterocycles. The molecule has 2 heterocycles. The second kappa shape index (κ2) is 3.79. The third kappa shape index (κ3) is 2.01. The van der Waals surface area contributed by atoms with Crippen LogP contribution in [0.15, 0.2) is 6.20 Å². The number of nitrogens with zero attached hydrogens (tertiary/aromatic N) is 1. The maximum Gasteiger partial charge on any atom is 0.136 e. The van der Waals surface area contributed by atoms with Gasteiger partial charge in [0.1, 0.15) is 10.8 Å². The van der Waals surface area contributed by atoms with E-state index in [0.717, 1.165) is 5.01 Å². The van der Waals surface area contributed by atoms with Gasteiger partial charge in [0.15, 0.2) is 0 Å². The van der Waals surface area contributed by atoms with Crippen molar-refractivity contribution in [1.29, 1.82) is 0 Å². The van der Waals surface area contributed by atoms with E-state index in [4.69, 9.17) is 0 Å². The van der Waals surface area contributed by atoms with E-state index in [-0.39, 0.29) is 12.1 Å². The summed E-state index contributed by atoms with van der Waals surface area (Å²) in [6, 6.07) is 0.426. The standard InChI is InChI=1S/C10H14N2OS/c1-6-3-8(13)4-9(12-6)10-11-5-7(2)14-10/h5-6,9,12H,3-4H2,1-2H3. The molecule has 0 aromatic carbocycles. The fourth-order valence-corrected chi connectivity index (χ4v) is 2.64. The number of aromatic nitrogens is 1. The highest BCUT2D eigenvalue weighted by Gasteiger charge is 2.26. The van der Waals surface area contributed by atoms with Gasteiger partial charge in [0.2, 0.25) is 0 Å². The predicted octanol–water partition coefficient (Wildman–Crippen LogP) is 1.83. The minimum atomic E-state index is 0.143. The summed E-state index contributed by atoms with van der Waals surface area (Å²) in [5, 5.41) is 4.45. The van der Waals surface area contributed by atoms with E-state index in [9.17, 15) is 4.79 Å². The summed E-state index contributed by atoms with van der Waals surface area (Å²) >= 11 is 1.67. The third-order valence-corrected chi connectivity index (χ3v) is 3.42. The van der Waals surface area contributed by atoms with Crippen LogP contribution in [-0.4, -0.2) is 16.8 Å². The van der Waals surface area contributed by atoms with Crippen molar-refractivity contribution >= 4 is 17.1 Å². The molecule has 1 aromatic heterocycles. The first-order chi connectivity index (χ1) is 6.65. The molecule has 14 heavy (non-hydrogen) atoms. The lowest BCUT2D eigenvalue weighted by atomic mass is 9.99. The van der Waals surface area contributed by atoms with Crippen molar-refractivity contribution in [2.75, 3.05) is 0 Å². The Morgan fingerprint density at radius 2 is 2.36 bits per heavy atom. The first-order valence-electron chi connectivity index (χ1n) is 4.85. The molecule has 3 nitrogen and oxygen atoms in total. The summed E-state index contributed by atoms with van der Waals surface area (Å²) in [5.41, 5.74) is 0. The van der Waals surface area contributed by atoms with Gasteiger partial charge in [-0.05, 0) is 13.8 Å². The molecule has 0 aliphatic carbocycles. The first kappa shape index (κ1) is 9.80. The molecule has 0 spiro atoms. The van der Waals surface area contributed by atoms with Gasteiger partial charge in [-0.25, -0.2) is 4.98 Å². The zero-order chi connectivity index (χ0) is 10.1. The first-order valence-corrected chi connectivity index (χ1v) is 5.67. The lowest BCUT2D eigenvalue weighted by Gasteiger charge is -2.26. The van der Waals surface area contributed by atoms with Gasteiger partial charge in [-0.15, -0.1) is 11.3 Å². The number of hydrogen-bond donors (Lipinski definition) is 1. The molecular formula is C10H14N2OS. The van der Waals surface area contributed by atoms with E-state index >= 15 is 0 Å². The van der Waals surface area contributed by atoms with Gasteiger partial charge in [0.25, 0.3) is 0 Å². The molecule has 0 bridgehead atoms. The topological polar surface area (TPSA) is 42.0 Å². The van der Waals surface area contributed by atoms with E-state index in [1.165, 1.54) is 4.88 Å². The van der Waals surface area contributed by atoms with Crippen LogP contribution < -0.4 is 5.32 Å². The number of carbonyl (C=O) groups is 1. The molecule has 4 heteroatoms. The van der Waals surface area contributed by atoms with Gasteiger partial charge in [0, 0.05) is 30.0 Å². The van der Waals surface area contributed by atoms with Gasteiger partial charge in [-0.3, -0.25) is 4.79 Å². The number of piperidine rings is 1. The lowest BCUT2D eigenvalue weighted by Crippen LogP contribution is -2.38. The van der Waals surface area contributed by atoms with Crippen LogP contribution in [0.2, 0.25) is 0 Å². The quantitative estimate of drug-likeness (QED) is 0.769. The molecule has 2 atom stereocenters. The SMILES string of the molecule is Cc1cnc(C2CC(=O)CC(C)N2)s1. The van der Waals surface area contributed by atoms with Crippen LogP contribution in [0, 0.1) is 6.92 Å². The van der Waals surface area contributed by atoms with Crippen LogP contribution in [0.1, 0.15) is 35.7 Å². The molecule has 1 N–H and O–H groups in total. The molecule has 1 aliphatic heterocycles. The average molecular weight is 210 g/mol. The minimum absolute atomic E-state index is 0.143. The van der Waals surface area contributed by atoms with Crippen molar-refractivity contribution in [3.8, 4) is 0 Å². The molecule has 2 rings (SSSR count). The Balaban J connectivity index is 2.14. The van der Waals surface area contributed by atoms with Gasteiger partial charge in [-0.1, -0.05) is 0 Å². The van der Waals surface area contributed by atoms with E-state index in [1.807, 2.05) is 20.0 Å². The highest BCUT2D eigenvalue weighted by atomic mass is 32.1. The fourth-order valence-electron chi connectivity index (χ4n) is 1.81. The Morgan fingerprint density at radius 1 is 1.57 bits per heavy atom. The van der Waals surface area contributed by atoms with Gasteiger partial charge < -0.3 is 5.32 Å². The molecule has 1 fully saturated rings. The van der Waals surface area contributed by atoms with Gasteiger partial charge in [0.05, 0.1) is 6.04 Å². The van der Waals surface area contributed by atoms with Crippen molar-refractivity contribution in [2.24, 2.45) is 0 Å². The number of aryl methyl sites for hydroxylation is 1. The zero-order valence-corrected chi connectivity index (χ0v) is 9.23. The number of nitrogens with one attached hydrogen (secondary N) is 1. The molecule has 0 saturated carbocycles. The molecule has 0 radical (unpaired) electrons. The van der Waals surface area contributed by atoms with Crippen LogP contribution >= 0.6 is 11.3 Å². The number of hydrogen-bond acceptors (Lipinski definition) is 4. The average Bonchev–Trinajstić information content (AvgIpc) is 2.50. The Morgan fingerprint density at radius 3 is 2.93 bits per heavy atom. The minimum Gasteiger partial charge on any atom is -0.305 e. The molecular weight excluding hydrogens is 196 g/mol. The van der Waals surface area contributed by atoms with Crippen molar-refractivity contribution in [2.45, 2.75) is 38.8 Å². The summed E-state index contributed by atoms with van der Waals surface area (Å²) < 4.78 is 0.